The van der Waals surface area contributed by atoms with Crippen LogP contribution in [0.25, 0.3) is 0 Å². The zero-order valence-electron chi connectivity index (χ0n) is 12.5. The molecule has 2 rings (SSSR count). The Morgan fingerprint density at radius 3 is 3.00 bits per heavy atom. The quantitative estimate of drug-likeness (QED) is 0.848. The van der Waals surface area contributed by atoms with Crippen molar-refractivity contribution in [3.63, 3.8) is 0 Å². The molecule has 1 N–H and O–H groups in total. The molecule has 112 valence electrons. The number of pyridine rings is 1. The number of aliphatic hydroxyl groups excluding tert-OH is 1. The second-order valence-corrected chi connectivity index (χ2v) is 5.40. The van der Waals surface area contributed by atoms with Gasteiger partial charge in [0.25, 0.3) is 5.91 Å². The molecule has 1 amide bonds. The lowest BCUT2D eigenvalue weighted by Gasteiger charge is -2.26. The first-order valence-electron chi connectivity index (χ1n) is 7.59. The minimum absolute atomic E-state index is 0.0132. The molecule has 21 heavy (non-hydrogen) atoms. The van der Waals surface area contributed by atoms with E-state index in [0.29, 0.717) is 12.1 Å². The molecular formula is C17H22N2O2. The van der Waals surface area contributed by atoms with Crippen molar-refractivity contribution < 1.29 is 9.90 Å². The lowest BCUT2D eigenvalue weighted by atomic mass is 10.1. The van der Waals surface area contributed by atoms with Gasteiger partial charge in [0.15, 0.2) is 0 Å². The van der Waals surface area contributed by atoms with Crippen LogP contribution in [0.4, 0.5) is 0 Å². The van der Waals surface area contributed by atoms with Gasteiger partial charge in [-0.25, -0.2) is 4.98 Å². The Bertz CT molecular complexity index is 528. The lowest BCUT2D eigenvalue weighted by molar-refractivity contribution is 0.0692. The van der Waals surface area contributed by atoms with E-state index in [2.05, 4.69) is 23.7 Å². The van der Waals surface area contributed by atoms with Crippen molar-refractivity contribution in [1.29, 1.82) is 0 Å². The number of aliphatic hydroxyl groups is 1. The van der Waals surface area contributed by atoms with E-state index in [4.69, 9.17) is 5.11 Å². The lowest BCUT2D eigenvalue weighted by Crippen LogP contribution is -2.38. The van der Waals surface area contributed by atoms with Crippen molar-refractivity contribution in [2.75, 3.05) is 13.2 Å². The van der Waals surface area contributed by atoms with Gasteiger partial charge in [-0.1, -0.05) is 24.7 Å². The van der Waals surface area contributed by atoms with Gasteiger partial charge >= 0.3 is 0 Å². The van der Waals surface area contributed by atoms with Crippen molar-refractivity contribution in [3.8, 4) is 11.8 Å². The number of hydrogen-bond acceptors (Lipinski definition) is 3. The fraction of sp³-hybridized carbons (Fsp3) is 0.529. The molecule has 0 aliphatic carbocycles. The summed E-state index contributed by atoms with van der Waals surface area (Å²) in [5, 5.41) is 8.68. The number of carbonyl (C=O) groups is 1. The highest BCUT2D eigenvalue weighted by molar-refractivity contribution is 5.92. The maximum absolute atomic E-state index is 12.5. The van der Waals surface area contributed by atoms with Gasteiger partial charge in [0.05, 0.1) is 6.61 Å². The van der Waals surface area contributed by atoms with E-state index >= 15 is 0 Å². The fourth-order valence-corrected chi connectivity index (χ4v) is 2.54. The molecule has 1 aromatic rings. The van der Waals surface area contributed by atoms with E-state index in [9.17, 15) is 4.79 Å². The molecule has 1 saturated heterocycles. The van der Waals surface area contributed by atoms with Gasteiger partial charge in [-0.05, 0) is 31.9 Å². The van der Waals surface area contributed by atoms with Crippen molar-refractivity contribution in [3.05, 3.63) is 29.6 Å². The summed E-state index contributed by atoms with van der Waals surface area (Å²) in [4.78, 5) is 18.7. The van der Waals surface area contributed by atoms with Gasteiger partial charge in [-0.2, -0.15) is 0 Å². The van der Waals surface area contributed by atoms with Crippen LogP contribution in [0.3, 0.4) is 0 Å². The molecule has 4 nitrogen and oxygen atoms in total. The summed E-state index contributed by atoms with van der Waals surface area (Å²) in [5.74, 6) is 5.77. The minimum Gasteiger partial charge on any atom is -0.395 e. The first-order valence-corrected chi connectivity index (χ1v) is 7.59. The van der Waals surface area contributed by atoms with E-state index in [1.54, 1.807) is 12.3 Å². The summed E-state index contributed by atoms with van der Waals surface area (Å²) >= 11 is 0. The van der Waals surface area contributed by atoms with Crippen LogP contribution in [-0.4, -0.2) is 40.1 Å². The molecule has 1 aromatic heterocycles. The Morgan fingerprint density at radius 1 is 1.43 bits per heavy atom. The van der Waals surface area contributed by atoms with Crippen LogP contribution >= 0.6 is 0 Å². The maximum atomic E-state index is 12.5. The third-order valence-electron chi connectivity index (χ3n) is 3.77. The molecule has 1 unspecified atom stereocenters. The smallest absolute Gasteiger partial charge is 0.272 e. The van der Waals surface area contributed by atoms with Crippen LogP contribution in [0.2, 0.25) is 0 Å². The Morgan fingerprint density at radius 2 is 2.29 bits per heavy atom. The number of amides is 1. The normalized spacial score (nSPS) is 18.6. The Balaban J connectivity index is 2.07. The van der Waals surface area contributed by atoms with Crippen LogP contribution in [0.5, 0.6) is 0 Å². The summed E-state index contributed by atoms with van der Waals surface area (Å²) in [7, 11) is 0. The van der Waals surface area contributed by atoms with Crippen molar-refractivity contribution in [2.45, 2.75) is 45.1 Å². The molecule has 0 bridgehead atoms. The highest BCUT2D eigenvalue weighted by Gasteiger charge is 2.23. The van der Waals surface area contributed by atoms with Crippen LogP contribution < -0.4 is 0 Å². The van der Waals surface area contributed by atoms with Gasteiger partial charge < -0.3 is 10.0 Å². The molecule has 4 heteroatoms. The molecule has 0 radical (unpaired) electrons. The summed E-state index contributed by atoms with van der Waals surface area (Å²) in [6.45, 7) is 2.99. The number of carbonyl (C=O) groups excluding carboxylic acids is 1. The van der Waals surface area contributed by atoms with Crippen molar-refractivity contribution >= 4 is 5.91 Å². The summed E-state index contributed by atoms with van der Waals surface area (Å²) in [6.07, 6.45) is 6.60. The zero-order chi connectivity index (χ0) is 15.1. The molecule has 1 fully saturated rings. The van der Waals surface area contributed by atoms with E-state index in [1.165, 1.54) is 12.8 Å². The molecule has 2 heterocycles. The Labute approximate surface area is 126 Å². The largest absolute Gasteiger partial charge is 0.395 e. The number of nitrogens with zero attached hydrogens (tertiary/aromatic N) is 2. The third kappa shape index (κ3) is 4.30. The number of aromatic nitrogens is 1. The van der Waals surface area contributed by atoms with E-state index in [0.717, 1.165) is 24.9 Å². The predicted molar refractivity (Wildman–Crippen MR) is 81.8 cm³/mol. The highest BCUT2D eigenvalue weighted by Crippen LogP contribution is 2.18. The van der Waals surface area contributed by atoms with Gasteiger partial charge in [0.1, 0.15) is 5.69 Å². The van der Waals surface area contributed by atoms with Gasteiger partial charge in [0, 0.05) is 30.8 Å². The molecular weight excluding hydrogens is 264 g/mol. The Hall–Kier alpha value is -1.86. The zero-order valence-corrected chi connectivity index (χ0v) is 12.5. The SMILES string of the molecule is CC1CCCCCN1C(=O)c1ccc(C#CCCO)cn1. The third-order valence-corrected chi connectivity index (χ3v) is 3.77. The molecule has 0 spiro atoms. The van der Waals surface area contributed by atoms with Crippen LogP contribution in [-0.2, 0) is 0 Å². The summed E-state index contributed by atoms with van der Waals surface area (Å²) in [6, 6.07) is 3.83. The van der Waals surface area contributed by atoms with E-state index in [1.807, 2.05) is 11.0 Å². The fourth-order valence-electron chi connectivity index (χ4n) is 2.54. The van der Waals surface area contributed by atoms with Crippen LogP contribution in [0, 0.1) is 11.8 Å². The van der Waals surface area contributed by atoms with E-state index in [-0.39, 0.29) is 18.6 Å². The van der Waals surface area contributed by atoms with Crippen molar-refractivity contribution in [2.24, 2.45) is 0 Å². The topological polar surface area (TPSA) is 53.4 Å². The van der Waals surface area contributed by atoms with Crippen molar-refractivity contribution in [1.82, 2.24) is 9.88 Å². The average molecular weight is 286 g/mol. The minimum atomic E-state index is 0.0132. The maximum Gasteiger partial charge on any atom is 0.272 e. The second kappa shape index (κ2) is 7.80. The second-order valence-electron chi connectivity index (χ2n) is 5.40. The highest BCUT2D eigenvalue weighted by atomic mass is 16.2. The van der Waals surface area contributed by atoms with Gasteiger partial charge in [-0.3, -0.25) is 4.79 Å². The predicted octanol–water partition coefficient (Wildman–Crippen LogP) is 2.22. The van der Waals surface area contributed by atoms with E-state index < -0.39 is 0 Å². The van der Waals surface area contributed by atoms with Crippen LogP contribution in [0.1, 0.15) is 55.1 Å². The number of rotatable bonds is 2. The average Bonchev–Trinajstić information content (AvgIpc) is 2.72. The van der Waals surface area contributed by atoms with Gasteiger partial charge in [0.2, 0.25) is 0 Å². The summed E-state index contributed by atoms with van der Waals surface area (Å²) in [5.41, 5.74) is 1.25. The Kier molecular flexibility index (Phi) is 5.77. The molecule has 0 saturated carbocycles. The first kappa shape index (κ1) is 15.5. The molecule has 1 aliphatic heterocycles. The van der Waals surface area contributed by atoms with Gasteiger partial charge in [-0.15, -0.1) is 0 Å². The number of likely N-dealkylation sites (tertiary alicyclic amines) is 1. The molecule has 1 aliphatic rings. The standard InChI is InChI=1S/C17H22N2O2/c1-14-7-3-2-5-11-19(14)17(21)16-10-9-15(13-18-16)8-4-6-12-20/h9-10,13-14,20H,2-3,5-7,11-12H2,1H3. The summed E-state index contributed by atoms with van der Waals surface area (Å²) < 4.78 is 0. The van der Waals surface area contributed by atoms with Crippen LogP contribution in [0.15, 0.2) is 18.3 Å². The molecule has 1 atom stereocenters. The monoisotopic (exact) mass is 286 g/mol. The first-order chi connectivity index (χ1) is 10.2. The number of hydrogen-bond donors (Lipinski definition) is 1. The molecule has 0 aromatic carbocycles.